The maximum atomic E-state index is 8.33. The summed E-state index contributed by atoms with van der Waals surface area (Å²) in [6.07, 6.45) is 10.0. The van der Waals surface area contributed by atoms with Gasteiger partial charge in [0, 0.05) is 6.42 Å². The molecule has 1 aliphatic carbocycles. The predicted molar refractivity (Wildman–Crippen MR) is 23.3 cm³/mol. The SMILES string of the molecule is [CH]1C=CC=C1.[O]=[W]. The molecule has 0 fully saturated rings. The Hall–Kier alpha value is -0.0317. The van der Waals surface area contributed by atoms with E-state index in [1.54, 1.807) is 0 Å². The van der Waals surface area contributed by atoms with Gasteiger partial charge in [0.2, 0.25) is 0 Å². The summed E-state index contributed by atoms with van der Waals surface area (Å²) in [5, 5.41) is 0. The maximum absolute atomic E-state index is 8.33. The van der Waals surface area contributed by atoms with Gasteiger partial charge in [-0.05, 0) is 0 Å². The molecule has 0 bridgehead atoms. The molecule has 7 heavy (non-hydrogen) atoms. The molecule has 0 saturated carbocycles. The van der Waals surface area contributed by atoms with Gasteiger partial charge in [0.1, 0.15) is 0 Å². The summed E-state index contributed by atoms with van der Waals surface area (Å²) < 4.78 is 8.33. The first-order chi connectivity index (χ1) is 3.50. The molecule has 1 nitrogen and oxygen atoms in total. The first-order valence-corrected chi connectivity index (χ1v) is 3.03. The summed E-state index contributed by atoms with van der Waals surface area (Å²) >= 11 is 0.333. The van der Waals surface area contributed by atoms with Gasteiger partial charge in [-0.3, -0.25) is 0 Å². The van der Waals surface area contributed by atoms with Gasteiger partial charge in [0.05, 0.1) is 0 Å². The number of rotatable bonds is 0. The Labute approximate surface area is 54.3 Å². The van der Waals surface area contributed by atoms with Crippen LogP contribution in [-0.4, -0.2) is 0 Å². The minimum atomic E-state index is 0.333. The van der Waals surface area contributed by atoms with Crippen LogP contribution in [0.25, 0.3) is 0 Å². The van der Waals surface area contributed by atoms with Crippen LogP contribution >= 0.6 is 0 Å². The summed E-state index contributed by atoms with van der Waals surface area (Å²) in [7, 11) is 0. The van der Waals surface area contributed by atoms with Crippen molar-refractivity contribution in [1.82, 2.24) is 0 Å². The van der Waals surface area contributed by atoms with Crippen molar-refractivity contribution in [3.05, 3.63) is 30.7 Å². The van der Waals surface area contributed by atoms with Crippen molar-refractivity contribution >= 4 is 0 Å². The zero-order chi connectivity index (χ0) is 5.54. The Morgan fingerprint density at radius 3 is 1.43 bits per heavy atom. The summed E-state index contributed by atoms with van der Waals surface area (Å²) in [5.74, 6) is 0. The normalized spacial score (nSPS) is 13.1. The van der Waals surface area contributed by atoms with Gasteiger partial charge in [0.25, 0.3) is 0 Å². The van der Waals surface area contributed by atoms with E-state index in [0.717, 1.165) is 0 Å². The fraction of sp³-hybridized carbons (Fsp3) is 0. The molecule has 1 rings (SSSR count). The Morgan fingerprint density at radius 2 is 1.29 bits per heavy atom. The third kappa shape index (κ3) is 3.81. The topological polar surface area (TPSA) is 17.1 Å². The summed E-state index contributed by atoms with van der Waals surface area (Å²) in [4.78, 5) is 0. The second kappa shape index (κ2) is 5.97. The Bertz CT molecular complexity index is 76.1. The Morgan fingerprint density at radius 1 is 0.857 bits per heavy atom. The first kappa shape index (κ1) is 6.97. The van der Waals surface area contributed by atoms with Crippen LogP contribution in [0.4, 0.5) is 0 Å². The van der Waals surface area contributed by atoms with Crippen LogP contribution in [0, 0.1) is 6.42 Å². The molecular weight excluding hydrogens is 260 g/mol. The van der Waals surface area contributed by atoms with Gasteiger partial charge in [-0.25, -0.2) is 0 Å². The zero-order valence-corrected chi connectivity index (χ0v) is 6.64. The van der Waals surface area contributed by atoms with E-state index >= 15 is 0 Å². The third-order valence-corrected chi connectivity index (χ3v) is 0.556. The molecule has 0 saturated heterocycles. The van der Waals surface area contributed by atoms with Crippen molar-refractivity contribution in [2.24, 2.45) is 0 Å². The molecule has 0 aliphatic heterocycles. The van der Waals surface area contributed by atoms with Gasteiger partial charge in [-0.15, -0.1) is 0 Å². The van der Waals surface area contributed by atoms with E-state index in [1.165, 1.54) is 0 Å². The molecule has 0 aromatic carbocycles. The van der Waals surface area contributed by atoms with E-state index in [2.05, 4.69) is 0 Å². The van der Waals surface area contributed by atoms with Crippen molar-refractivity contribution < 1.29 is 23.2 Å². The summed E-state index contributed by atoms with van der Waals surface area (Å²) in [5.41, 5.74) is 0. The van der Waals surface area contributed by atoms with Crippen LogP contribution in [-0.2, 0) is 23.2 Å². The molecular formula is C5H5OW. The van der Waals surface area contributed by atoms with Crippen molar-refractivity contribution in [2.75, 3.05) is 0 Å². The van der Waals surface area contributed by atoms with Crippen LogP contribution in [0.1, 0.15) is 0 Å². The number of allylic oxidation sites excluding steroid dienone is 4. The van der Waals surface area contributed by atoms with Gasteiger partial charge in [-0.2, -0.15) is 0 Å². The molecule has 0 unspecified atom stereocenters. The molecule has 37 valence electrons. The van der Waals surface area contributed by atoms with E-state index in [1.807, 2.05) is 30.7 Å². The standard InChI is InChI=1S/C5H5.O.W/c1-2-4-5-3-1;;/h1-5H;;. The number of hydrogen-bond acceptors (Lipinski definition) is 1. The van der Waals surface area contributed by atoms with Crippen molar-refractivity contribution in [3.8, 4) is 0 Å². The molecule has 0 amide bonds. The average Bonchev–Trinajstić information content (AvgIpc) is 2.23. The molecule has 0 heterocycles. The molecule has 0 aromatic heterocycles. The molecule has 0 aromatic rings. The van der Waals surface area contributed by atoms with E-state index in [-0.39, 0.29) is 0 Å². The van der Waals surface area contributed by atoms with Crippen LogP contribution in [0.15, 0.2) is 24.3 Å². The summed E-state index contributed by atoms with van der Waals surface area (Å²) in [6.45, 7) is 0. The zero-order valence-electron chi connectivity index (χ0n) is 3.70. The van der Waals surface area contributed by atoms with Gasteiger partial charge in [0.15, 0.2) is 0 Å². The van der Waals surface area contributed by atoms with E-state index in [0.29, 0.717) is 19.8 Å². The van der Waals surface area contributed by atoms with Crippen LogP contribution in [0.3, 0.4) is 0 Å². The Balaban J connectivity index is 0.000000162. The first-order valence-electron chi connectivity index (χ1n) is 1.83. The fourth-order valence-electron chi connectivity index (χ4n) is 0.321. The second-order valence-electron chi connectivity index (χ2n) is 0.962. The van der Waals surface area contributed by atoms with Crippen LogP contribution in [0.2, 0.25) is 0 Å². The quantitative estimate of drug-likeness (QED) is 0.643. The fourth-order valence-corrected chi connectivity index (χ4v) is 0.321. The van der Waals surface area contributed by atoms with Gasteiger partial charge < -0.3 is 0 Å². The molecule has 2 heteroatoms. The average molecular weight is 265 g/mol. The van der Waals surface area contributed by atoms with E-state index < -0.39 is 0 Å². The van der Waals surface area contributed by atoms with Crippen LogP contribution < -0.4 is 0 Å². The van der Waals surface area contributed by atoms with Crippen molar-refractivity contribution in [2.45, 2.75) is 0 Å². The van der Waals surface area contributed by atoms with Gasteiger partial charge in [-0.1, -0.05) is 24.3 Å². The second-order valence-corrected chi connectivity index (χ2v) is 0.962. The third-order valence-electron chi connectivity index (χ3n) is 0.556. The monoisotopic (exact) mass is 265 g/mol. The predicted octanol–water partition coefficient (Wildman–Crippen LogP) is 1.20. The molecule has 0 spiro atoms. The van der Waals surface area contributed by atoms with Gasteiger partial charge >= 0.3 is 23.2 Å². The molecule has 1 aliphatic rings. The van der Waals surface area contributed by atoms with E-state index in [4.69, 9.17) is 3.40 Å². The molecule has 0 atom stereocenters. The van der Waals surface area contributed by atoms with Crippen molar-refractivity contribution in [3.63, 3.8) is 0 Å². The van der Waals surface area contributed by atoms with E-state index in [9.17, 15) is 0 Å². The molecule has 0 N–H and O–H groups in total. The number of hydrogen-bond donors (Lipinski definition) is 0. The molecule has 1 radical (unpaired) electrons. The van der Waals surface area contributed by atoms with Crippen LogP contribution in [0.5, 0.6) is 0 Å². The Kier molecular flexibility index (Phi) is 5.94. The minimum absolute atomic E-state index is 0.333. The summed E-state index contributed by atoms with van der Waals surface area (Å²) in [6, 6.07) is 0. The van der Waals surface area contributed by atoms with Crippen molar-refractivity contribution in [1.29, 1.82) is 0 Å².